The SMILES string of the molecule is O=C(NCCn1ccc(-c2ccncc2)n1)C1CC1. The molecule has 2 aromatic rings. The fourth-order valence-electron chi connectivity index (χ4n) is 1.95. The predicted molar refractivity (Wildman–Crippen MR) is 71.2 cm³/mol. The van der Waals surface area contributed by atoms with Crippen molar-refractivity contribution in [2.24, 2.45) is 5.92 Å². The summed E-state index contributed by atoms with van der Waals surface area (Å²) < 4.78 is 1.85. The standard InChI is InChI=1S/C14H16N4O/c19-14(12-1-2-12)16-8-10-18-9-5-13(17-18)11-3-6-15-7-4-11/h3-7,9,12H,1-2,8,10H2,(H,16,19). The van der Waals surface area contributed by atoms with E-state index in [1.165, 1.54) is 0 Å². The molecule has 19 heavy (non-hydrogen) atoms. The molecule has 0 aliphatic heterocycles. The number of hydrogen-bond donors (Lipinski definition) is 1. The van der Waals surface area contributed by atoms with E-state index in [0.717, 1.165) is 24.1 Å². The maximum absolute atomic E-state index is 11.5. The van der Waals surface area contributed by atoms with Crippen LogP contribution in [0.5, 0.6) is 0 Å². The van der Waals surface area contributed by atoms with Crippen molar-refractivity contribution in [1.82, 2.24) is 20.1 Å². The van der Waals surface area contributed by atoms with E-state index in [4.69, 9.17) is 0 Å². The van der Waals surface area contributed by atoms with Crippen LogP contribution in [-0.2, 0) is 11.3 Å². The second kappa shape index (κ2) is 5.22. The highest BCUT2D eigenvalue weighted by Gasteiger charge is 2.28. The van der Waals surface area contributed by atoms with Gasteiger partial charge in [-0.2, -0.15) is 5.10 Å². The van der Waals surface area contributed by atoms with Crippen molar-refractivity contribution in [3.05, 3.63) is 36.8 Å². The van der Waals surface area contributed by atoms with Crippen LogP contribution >= 0.6 is 0 Å². The average molecular weight is 256 g/mol. The minimum atomic E-state index is 0.182. The second-order valence-electron chi connectivity index (χ2n) is 4.77. The van der Waals surface area contributed by atoms with Crippen molar-refractivity contribution in [2.75, 3.05) is 6.54 Å². The molecule has 1 fully saturated rings. The molecule has 1 N–H and O–H groups in total. The summed E-state index contributed by atoms with van der Waals surface area (Å²) >= 11 is 0. The van der Waals surface area contributed by atoms with Crippen LogP contribution in [0.3, 0.4) is 0 Å². The van der Waals surface area contributed by atoms with E-state index < -0.39 is 0 Å². The quantitative estimate of drug-likeness (QED) is 0.881. The minimum absolute atomic E-state index is 0.182. The van der Waals surface area contributed by atoms with E-state index in [2.05, 4.69) is 15.4 Å². The van der Waals surface area contributed by atoms with Gasteiger partial charge >= 0.3 is 0 Å². The highest BCUT2D eigenvalue weighted by molar-refractivity contribution is 5.80. The van der Waals surface area contributed by atoms with Crippen molar-refractivity contribution in [3.8, 4) is 11.3 Å². The molecule has 3 rings (SSSR count). The number of nitrogens with zero attached hydrogens (tertiary/aromatic N) is 3. The Bertz CT molecular complexity index is 560. The Balaban J connectivity index is 1.54. The van der Waals surface area contributed by atoms with E-state index in [-0.39, 0.29) is 11.8 Å². The van der Waals surface area contributed by atoms with E-state index in [1.807, 2.05) is 29.1 Å². The molecule has 1 amide bonds. The van der Waals surface area contributed by atoms with Crippen LogP contribution in [0.4, 0.5) is 0 Å². The molecule has 5 nitrogen and oxygen atoms in total. The van der Waals surface area contributed by atoms with Gasteiger partial charge in [0.2, 0.25) is 5.91 Å². The van der Waals surface area contributed by atoms with Gasteiger partial charge in [-0.1, -0.05) is 0 Å². The summed E-state index contributed by atoms with van der Waals surface area (Å²) in [7, 11) is 0. The van der Waals surface area contributed by atoms with Crippen molar-refractivity contribution >= 4 is 5.91 Å². The predicted octanol–water partition coefficient (Wildman–Crippen LogP) is 1.47. The van der Waals surface area contributed by atoms with Gasteiger partial charge in [0.1, 0.15) is 0 Å². The van der Waals surface area contributed by atoms with Gasteiger partial charge in [-0.05, 0) is 31.0 Å². The second-order valence-corrected chi connectivity index (χ2v) is 4.77. The number of nitrogens with one attached hydrogen (secondary N) is 1. The zero-order chi connectivity index (χ0) is 13.1. The molecule has 0 unspecified atom stereocenters. The Morgan fingerprint density at radius 1 is 1.32 bits per heavy atom. The minimum Gasteiger partial charge on any atom is -0.354 e. The zero-order valence-electron chi connectivity index (χ0n) is 10.6. The molecule has 98 valence electrons. The van der Waals surface area contributed by atoms with Gasteiger partial charge in [0.25, 0.3) is 0 Å². The Hall–Kier alpha value is -2.17. The lowest BCUT2D eigenvalue weighted by molar-refractivity contribution is -0.122. The Morgan fingerprint density at radius 3 is 2.84 bits per heavy atom. The van der Waals surface area contributed by atoms with Crippen LogP contribution in [0.1, 0.15) is 12.8 Å². The number of hydrogen-bond acceptors (Lipinski definition) is 3. The summed E-state index contributed by atoms with van der Waals surface area (Å²) in [5.41, 5.74) is 1.98. The molecule has 0 radical (unpaired) electrons. The van der Waals surface area contributed by atoms with Crippen molar-refractivity contribution in [1.29, 1.82) is 0 Å². The first-order valence-electron chi connectivity index (χ1n) is 6.54. The topological polar surface area (TPSA) is 59.8 Å². The van der Waals surface area contributed by atoms with Gasteiger partial charge in [-0.15, -0.1) is 0 Å². The molecule has 1 saturated carbocycles. The van der Waals surface area contributed by atoms with Crippen LogP contribution in [0.2, 0.25) is 0 Å². The maximum atomic E-state index is 11.5. The van der Waals surface area contributed by atoms with Gasteiger partial charge in [0.05, 0.1) is 12.2 Å². The Kier molecular flexibility index (Phi) is 3.27. The van der Waals surface area contributed by atoms with E-state index >= 15 is 0 Å². The fraction of sp³-hybridized carbons (Fsp3) is 0.357. The molecule has 1 aliphatic carbocycles. The van der Waals surface area contributed by atoms with Crippen LogP contribution in [0.25, 0.3) is 11.3 Å². The largest absolute Gasteiger partial charge is 0.354 e. The summed E-state index contributed by atoms with van der Waals surface area (Å²) in [4.78, 5) is 15.5. The van der Waals surface area contributed by atoms with Gasteiger partial charge in [-0.3, -0.25) is 14.5 Å². The Labute approximate surface area is 111 Å². The van der Waals surface area contributed by atoms with Crippen LogP contribution in [0.15, 0.2) is 36.8 Å². The molecule has 2 aromatic heterocycles. The monoisotopic (exact) mass is 256 g/mol. The zero-order valence-corrected chi connectivity index (χ0v) is 10.6. The summed E-state index contributed by atoms with van der Waals surface area (Å²) in [5, 5.41) is 7.41. The van der Waals surface area contributed by atoms with Crippen molar-refractivity contribution in [2.45, 2.75) is 19.4 Å². The lowest BCUT2D eigenvalue weighted by atomic mass is 10.2. The third kappa shape index (κ3) is 2.99. The molecule has 0 saturated heterocycles. The highest BCUT2D eigenvalue weighted by atomic mass is 16.2. The van der Waals surface area contributed by atoms with Crippen molar-refractivity contribution < 1.29 is 4.79 Å². The first kappa shape index (κ1) is 11.9. The number of rotatable bonds is 5. The molecule has 0 aromatic carbocycles. The molecule has 1 aliphatic rings. The lowest BCUT2D eigenvalue weighted by Crippen LogP contribution is -2.28. The van der Waals surface area contributed by atoms with Gasteiger partial charge in [-0.25, -0.2) is 0 Å². The molecule has 0 bridgehead atoms. The Morgan fingerprint density at radius 2 is 2.11 bits per heavy atom. The molecule has 0 spiro atoms. The third-order valence-electron chi connectivity index (χ3n) is 3.21. The maximum Gasteiger partial charge on any atom is 0.223 e. The summed E-state index contributed by atoms with van der Waals surface area (Å²) in [6.45, 7) is 1.33. The van der Waals surface area contributed by atoms with Crippen LogP contribution in [0, 0.1) is 5.92 Å². The van der Waals surface area contributed by atoms with Crippen LogP contribution in [-0.4, -0.2) is 27.2 Å². The van der Waals surface area contributed by atoms with E-state index in [0.29, 0.717) is 13.1 Å². The summed E-state index contributed by atoms with van der Waals surface area (Å²) in [6, 6.07) is 5.83. The number of amides is 1. The normalized spacial score (nSPS) is 14.3. The molecule has 5 heteroatoms. The molecular formula is C14H16N4O. The number of carbonyl (C=O) groups excluding carboxylic acids is 1. The van der Waals surface area contributed by atoms with Crippen molar-refractivity contribution in [3.63, 3.8) is 0 Å². The van der Waals surface area contributed by atoms with Gasteiger partial charge < -0.3 is 5.32 Å². The number of carbonyl (C=O) groups is 1. The first-order valence-corrected chi connectivity index (χ1v) is 6.54. The average Bonchev–Trinajstić information content (AvgIpc) is 3.20. The first-order chi connectivity index (χ1) is 9.33. The van der Waals surface area contributed by atoms with E-state index in [1.54, 1.807) is 12.4 Å². The number of pyridine rings is 1. The van der Waals surface area contributed by atoms with E-state index in [9.17, 15) is 4.79 Å². The summed E-state index contributed by atoms with van der Waals surface area (Å²) in [6.07, 6.45) is 7.52. The number of aromatic nitrogens is 3. The summed E-state index contributed by atoms with van der Waals surface area (Å²) in [5.74, 6) is 0.450. The molecule has 2 heterocycles. The highest BCUT2D eigenvalue weighted by Crippen LogP contribution is 2.28. The van der Waals surface area contributed by atoms with Crippen LogP contribution < -0.4 is 5.32 Å². The van der Waals surface area contributed by atoms with Gasteiger partial charge in [0, 0.05) is 36.6 Å². The third-order valence-corrected chi connectivity index (χ3v) is 3.21. The molecule has 0 atom stereocenters. The van der Waals surface area contributed by atoms with Gasteiger partial charge in [0.15, 0.2) is 0 Å². The smallest absolute Gasteiger partial charge is 0.223 e. The molecular weight excluding hydrogens is 240 g/mol. The lowest BCUT2D eigenvalue weighted by Gasteiger charge is -2.04. The fourth-order valence-corrected chi connectivity index (χ4v) is 1.95.